The Labute approximate surface area is 152 Å². The molecule has 24 heavy (non-hydrogen) atoms. The van der Waals surface area contributed by atoms with Crippen LogP contribution in [0.25, 0.3) is 0 Å². The molecule has 7 heteroatoms. The number of carbonyl (C=O) groups is 1. The van der Waals surface area contributed by atoms with E-state index in [1.165, 1.54) is 6.07 Å². The van der Waals surface area contributed by atoms with Gasteiger partial charge in [0.1, 0.15) is 0 Å². The van der Waals surface area contributed by atoms with E-state index in [0.717, 1.165) is 25.7 Å². The smallest absolute Gasteiger partial charge is 0.257 e. The van der Waals surface area contributed by atoms with E-state index in [4.69, 9.17) is 17.3 Å². The number of hydrogen-bond donors (Lipinski definition) is 2. The summed E-state index contributed by atoms with van der Waals surface area (Å²) in [7, 11) is 0. The lowest BCUT2D eigenvalue weighted by Crippen LogP contribution is -2.35. The van der Waals surface area contributed by atoms with Gasteiger partial charge in [0, 0.05) is 19.1 Å². The molecule has 3 N–H and O–H groups in total. The zero-order valence-corrected chi connectivity index (χ0v) is 15.2. The highest BCUT2D eigenvalue weighted by Gasteiger charge is 2.35. The number of nitrogens with two attached hydrogens (primary N) is 1. The summed E-state index contributed by atoms with van der Waals surface area (Å²) >= 11 is 5.80. The van der Waals surface area contributed by atoms with Crippen molar-refractivity contribution >= 4 is 29.9 Å². The van der Waals surface area contributed by atoms with E-state index in [1.807, 2.05) is 6.92 Å². The minimum Gasteiger partial charge on any atom is -0.504 e. The summed E-state index contributed by atoms with van der Waals surface area (Å²) < 4.78 is 14.1. The van der Waals surface area contributed by atoms with Crippen LogP contribution in [0.15, 0.2) is 6.07 Å². The quantitative estimate of drug-likeness (QED) is 0.844. The highest BCUT2D eigenvalue weighted by molar-refractivity contribution is 6.32. The van der Waals surface area contributed by atoms with Crippen molar-refractivity contribution in [2.45, 2.75) is 45.2 Å². The number of carbonyl (C=O) groups excluding carboxylic acids is 1. The molecule has 1 fully saturated rings. The Kier molecular flexibility index (Phi) is 6.00. The molecule has 1 atom stereocenters. The number of rotatable bonds is 3. The summed E-state index contributed by atoms with van der Waals surface area (Å²) in [5, 5.41) is 9.54. The SMILES string of the molecule is CC(N)C1CCC(CN2Cc3cc(Cl)c(O)c(F)c3C2=O)CC1.Cl. The monoisotopic (exact) mass is 376 g/mol. The Morgan fingerprint density at radius 3 is 2.62 bits per heavy atom. The fraction of sp³-hybridized carbons (Fsp3) is 0.588. The first-order chi connectivity index (χ1) is 10.9. The molecule has 1 aliphatic heterocycles. The Morgan fingerprint density at radius 1 is 1.42 bits per heavy atom. The molecule has 134 valence electrons. The number of phenols is 1. The van der Waals surface area contributed by atoms with Gasteiger partial charge in [0.15, 0.2) is 11.6 Å². The Bertz CT molecular complexity index is 632. The molecule has 1 aromatic carbocycles. The standard InChI is InChI=1S/C17H22ClFN2O2.ClH/c1-9(20)11-4-2-10(3-5-11)7-21-8-12-6-13(18)16(22)15(19)14(12)17(21)23;/h6,9-11,22H,2-5,7-8,20H2,1H3;1H. The molecular weight excluding hydrogens is 354 g/mol. The Morgan fingerprint density at radius 2 is 2.04 bits per heavy atom. The molecule has 4 nitrogen and oxygen atoms in total. The van der Waals surface area contributed by atoms with Crippen molar-refractivity contribution in [1.29, 1.82) is 0 Å². The van der Waals surface area contributed by atoms with E-state index >= 15 is 0 Å². The lowest BCUT2D eigenvalue weighted by Gasteiger charge is -2.32. The third-order valence-corrected chi connectivity index (χ3v) is 5.54. The number of amides is 1. The van der Waals surface area contributed by atoms with Gasteiger partial charge in [-0.15, -0.1) is 12.4 Å². The van der Waals surface area contributed by atoms with Gasteiger partial charge >= 0.3 is 0 Å². The predicted molar refractivity (Wildman–Crippen MR) is 94.2 cm³/mol. The summed E-state index contributed by atoms with van der Waals surface area (Å²) in [5.41, 5.74) is 6.48. The van der Waals surface area contributed by atoms with Crippen LogP contribution in [-0.2, 0) is 6.54 Å². The third kappa shape index (κ3) is 3.48. The molecule has 1 aliphatic carbocycles. The van der Waals surface area contributed by atoms with Crippen molar-refractivity contribution in [3.8, 4) is 5.75 Å². The van der Waals surface area contributed by atoms with Gasteiger partial charge in [-0.2, -0.15) is 0 Å². The summed E-state index contributed by atoms with van der Waals surface area (Å²) in [4.78, 5) is 14.1. The molecular formula is C17H23Cl2FN2O2. The molecule has 0 spiro atoms. The molecule has 0 bridgehead atoms. The number of fused-ring (bicyclic) bond motifs is 1. The lowest BCUT2D eigenvalue weighted by atomic mass is 9.79. The van der Waals surface area contributed by atoms with Crippen LogP contribution in [-0.4, -0.2) is 28.5 Å². The molecule has 0 aromatic heterocycles. The second-order valence-corrected chi connectivity index (χ2v) is 7.29. The largest absolute Gasteiger partial charge is 0.504 e. The molecule has 1 saturated carbocycles. The zero-order chi connectivity index (χ0) is 16.7. The minimum absolute atomic E-state index is 0. The molecule has 0 saturated heterocycles. The maximum Gasteiger partial charge on any atom is 0.257 e. The Balaban J connectivity index is 0.00000208. The van der Waals surface area contributed by atoms with E-state index in [-0.39, 0.29) is 34.9 Å². The number of hydrogen-bond acceptors (Lipinski definition) is 3. The average molecular weight is 377 g/mol. The van der Waals surface area contributed by atoms with Gasteiger partial charge in [0.2, 0.25) is 0 Å². The second kappa shape index (κ2) is 7.46. The van der Waals surface area contributed by atoms with Gasteiger partial charge in [-0.1, -0.05) is 11.6 Å². The fourth-order valence-electron chi connectivity index (χ4n) is 3.80. The molecule has 1 heterocycles. The van der Waals surface area contributed by atoms with Crippen LogP contribution in [0.2, 0.25) is 5.02 Å². The molecule has 2 aliphatic rings. The van der Waals surface area contributed by atoms with E-state index in [9.17, 15) is 14.3 Å². The van der Waals surface area contributed by atoms with E-state index in [2.05, 4.69) is 0 Å². The number of halogens is 3. The van der Waals surface area contributed by atoms with Crippen molar-refractivity contribution in [2.75, 3.05) is 6.54 Å². The topological polar surface area (TPSA) is 66.6 Å². The van der Waals surface area contributed by atoms with E-state index < -0.39 is 11.6 Å². The normalized spacial score (nSPS) is 24.5. The van der Waals surface area contributed by atoms with Crippen LogP contribution in [0.5, 0.6) is 5.75 Å². The predicted octanol–water partition coefficient (Wildman–Crippen LogP) is 3.72. The van der Waals surface area contributed by atoms with Crippen LogP contribution in [0.1, 0.15) is 48.5 Å². The number of nitrogens with zero attached hydrogens (tertiary/aromatic N) is 1. The molecule has 1 amide bonds. The van der Waals surface area contributed by atoms with E-state index in [0.29, 0.717) is 30.5 Å². The first-order valence-electron chi connectivity index (χ1n) is 8.13. The van der Waals surface area contributed by atoms with Crippen molar-refractivity contribution < 1.29 is 14.3 Å². The summed E-state index contributed by atoms with van der Waals surface area (Å²) in [6.45, 7) is 3.03. The van der Waals surface area contributed by atoms with Crippen LogP contribution >= 0.6 is 24.0 Å². The molecule has 3 rings (SSSR count). The molecule has 1 aromatic rings. The van der Waals surface area contributed by atoms with Gasteiger partial charge in [0.05, 0.1) is 10.6 Å². The maximum absolute atomic E-state index is 14.1. The second-order valence-electron chi connectivity index (χ2n) is 6.88. The first-order valence-corrected chi connectivity index (χ1v) is 8.51. The average Bonchev–Trinajstić information content (AvgIpc) is 2.81. The summed E-state index contributed by atoms with van der Waals surface area (Å²) in [6.07, 6.45) is 4.25. The van der Waals surface area contributed by atoms with Crippen molar-refractivity contribution in [1.82, 2.24) is 4.90 Å². The van der Waals surface area contributed by atoms with Gasteiger partial charge in [-0.3, -0.25) is 4.79 Å². The molecule has 1 unspecified atom stereocenters. The number of benzene rings is 1. The van der Waals surface area contributed by atoms with Crippen molar-refractivity contribution in [2.24, 2.45) is 17.6 Å². The van der Waals surface area contributed by atoms with Crippen LogP contribution < -0.4 is 5.73 Å². The third-order valence-electron chi connectivity index (χ3n) is 5.25. The van der Waals surface area contributed by atoms with Gasteiger partial charge in [-0.25, -0.2) is 4.39 Å². The number of phenolic OH excluding ortho intramolecular Hbond substituents is 1. The fourth-order valence-corrected chi connectivity index (χ4v) is 4.02. The lowest BCUT2D eigenvalue weighted by molar-refractivity contribution is 0.0723. The minimum atomic E-state index is -0.902. The van der Waals surface area contributed by atoms with Gasteiger partial charge in [-0.05, 0) is 56.1 Å². The molecule has 0 radical (unpaired) electrons. The van der Waals surface area contributed by atoms with Crippen molar-refractivity contribution in [3.63, 3.8) is 0 Å². The summed E-state index contributed by atoms with van der Waals surface area (Å²) in [5.74, 6) is -0.904. The van der Waals surface area contributed by atoms with Crippen LogP contribution in [0, 0.1) is 17.7 Å². The highest BCUT2D eigenvalue weighted by Crippen LogP contribution is 2.37. The first kappa shape index (κ1) is 19.3. The Hall–Kier alpha value is -1.04. The van der Waals surface area contributed by atoms with Crippen molar-refractivity contribution in [3.05, 3.63) is 28.0 Å². The van der Waals surface area contributed by atoms with Crippen LogP contribution in [0.4, 0.5) is 4.39 Å². The van der Waals surface area contributed by atoms with Gasteiger partial charge < -0.3 is 15.7 Å². The maximum atomic E-state index is 14.1. The van der Waals surface area contributed by atoms with E-state index in [1.54, 1.807) is 4.90 Å². The highest BCUT2D eigenvalue weighted by atomic mass is 35.5. The number of aromatic hydroxyl groups is 1. The zero-order valence-electron chi connectivity index (χ0n) is 13.6. The summed E-state index contributed by atoms with van der Waals surface area (Å²) in [6, 6.07) is 1.70. The van der Waals surface area contributed by atoms with Crippen LogP contribution in [0.3, 0.4) is 0 Å². The van der Waals surface area contributed by atoms with Gasteiger partial charge in [0.25, 0.3) is 5.91 Å².